The smallest absolute Gasteiger partial charge is 0.252 e. The summed E-state index contributed by atoms with van der Waals surface area (Å²) in [6.45, 7) is 3.83. The van der Waals surface area contributed by atoms with Crippen LogP contribution < -0.4 is 21.1 Å². The number of hydrogen-bond donors (Lipinski definition) is 2. The van der Waals surface area contributed by atoms with Gasteiger partial charge in [0.25, 0.3) is 5.91 Å². The first-order chi connectivity index (χ1) is 11.0. The van der Waals surface area contributed by atoms with Crippen molar-refractivity contribution in [2.24, 2.45) is 17.4 Å². The largest absolute Gasteiger partial charge is 0.496 e. The molecule has 1 amide bonds. The van der Waals surface area contributed by atoms with Crippen LogP contribution in [0.25, 0.3) is 10.8 Å². The molecule has 1 aromatic carbocycles. The predicted molar refractivity (Wildman–Crippen MR) is 90.8 cm³/mol. The van der Waals surface area contributed by atoms with E-state index < -0.39 is 5.91 Å². The molecule has 1 aromatic heterocycles. The average molecular weight is 314 g/mol. The van der Waals surface area contributed by atoms with Gasteiger partial charge in [-0.2, -0.15) is 0 Å². The van der Waals surface area contributed by atoms with E-state index in [1.54, 1.807) is 12.3 Å². The van der Waals surface area contributed by atoms with E-state index in [4.69, 9.17) is 16.2 Å². The first kappa shape index (κ1) is 15.6. The SMILES string of the molecule is CC[C@H]1CN(c2nccc3cc(C(N)=O)c(OC)cc23)CC1N. The highest BCUT2D eigenvalue weighted by molar-refractivity contribution is 6.03. The van der Waals surface area contributed by atoms with Crippen molar-refractivity contribution in [3.05, 3.63) is 30.0 Å². The third-order valence-electron chi connectivity index (χ3n) is 4.64. The summed E-state index contributed by atoms with van der Waals surface area (Å²) in [6.07, 6.45) is 2.80. The standard InChI is InChI=1S/C17H22N4O2/c1-3-10-8-21(9-14(10)18)17-12-7-15(23-2)13(16(19)22)6-11(12)4-5-20-17/h4-7,10,14H,3,8-9,18H2,1-2H3,(H2,19,22)/t10-,14?/m0/s1. The van der Waals surface area contributed by atoms with Gasteiger partial charge in [-0.25, -0.2) is 4.98 Å². The van der Waals surface area contributed by atoms with Crippen molar-refractivity contribution < 1.29 is 9.53 Å². The highest BCUT2D eigenvalue weighted by atomic mass is 16.5. The van der Waals surface area contributed by atoms with E-state index >= 15 is 0 Å². The van der Waals surface area contributed by atoms with Crippen molar-refractivity contribution in [2.45, 2.75) is 19.4 Å². The Kier molecular flexibility index (Phi) is 4.09. The van der Waals surface area contributed by atoms with Crippen LogP contribution in [0.3, 0.4) is 0 Å². The zero-order valence-corrected chi connectivity index (χ0v) is 13.5. The Balaban J connectivity index is 2.10. The van der Waals surface area contributed by atoms with Gasteiger partial charge in [0.05, 0.1) is 12.7 Å². The fraction of sp³-hybridized carbons (Fsp3) is 0.412. The number of benzene rings is 1. The molecule has 6 nitrogen and oxygen atoms in total. The number of nitrogens with two attached hydrogens (primary N) is 2. The Bertz CT molecular complexity index is 747. The van der Waals surface area contributed by atoms with Crippen molar-refractivity contribution in [1.82, 2.24) is 4.98 Å². The van der Waals surface area contributed by atoms with Crippen LogP contribution in [0.15, 0.2) is 24.4 Å². The van der Waals surface area contributed by atoms with Gasteiger partial charge in [0.1, 0.15) is 11.6 Å². The molecular formula is C17H22N4O2. The minimum atomic E-state index is -0.503. The number of carbonyl (C=O) groups is 1. The summed E-state index contributed by atoms with van der Waals surface area (Å²) in [5.74, 6) is 1.31. The molecule has 0 spiro atoms. The van der Waals surface area contributed by atoms with Crippen molar-refractivity contribution in [3.63, 3.8) is 0 Å². The van der Waals surface area contributed by atoms with Gasteiger partial charge in [-0.1, -0.05) is 13.3 Å². The second-order valence-electron chi connectivity index (χ2n) is 6.01. The van der Waals surface area contributed by atoms with Crippen LogP contribution in [-0.4, -0.2) is 37.1 Å². The summed E-state index contributed by atoms with van der Waals surface area (Å²) in [5.41, 5.74) is 12.0. The van der Waals surface area contributed by atoms with E-state index in [1.165, 1.54) is 7.11 Å². The topological polar surface area (TPSA) is 94.5 Å². The number of hydrogen-bond acceptors (Lipinski definition) is 5. The number of fused-ring (bicyclic) bond motifs is 1. The van der Waals surface area contributed by atoms with Gasteiger partial charge in [0.15, 0.2) is 0 Å². The molecule has 4 N–H and O–H groups in total. The van der Waals surface area contributed by atoms with Crippen molar-refractivity contribution >= 4 is 22.5 Å². The molecule has 1 aliphatic heterocycles. The minimum Gasteiger partial charge on any atom is -0.496 e. The molecule has 122 valence electrons. The van der Waals surface area contributed by atoms with E-state index in [1.807, 2.05) is 12.1 Å². The summed E-state index contributed by atoms with van der Waals surface area (Å²) in [6, 6.07) is 5.62. The van der Waals surface area contributed by atoms with E-state index in [-0.39, 0.29) is 6.04 Å². The van der Waals surface area contributed by atoms with Crippen molar-refractivity contribution in [3.8, 4) is 5.75 Å². The van der Waals surface area contributed by atoms with Gasteiger partial charge >= 0.3 is 0 Å². The van der Waals surface area contributed by atoms with Crippen molar-refractivity contribution in [1.29, 1.82) is 0 Å². The fourth-order valence-electron chi connectivity index (χ4n) is 3.30. The quantitative estimate of drug-likeness (QED) is 0.892. The maximum atomic E-state index is 11.6. The number of amides is 1. The van der Waals surface area contributed by atoms with Crippen LogP contribution in [-0.2, 0) is 0 Å². The molecule has 0 radical (unpaired) electrons. The highest BCUT2D eigenvalue weighted by Crippen LogP contribution is 2.33. The molecule has 3 rings (SSSR count). The molecule has 1 unspecified atom stereocenters. The number of methoxy groups -OCH3 is 1. The van der Waals surface area contributed by atoms with Crippen LogP contribution in [0.2, 0.25) is 0 Å². The van der Waals surface area contributed by atoms with E-state index in [9.17, 15) is 4.79 Å². The first-order valence-corrected chi connectivity index (χ1v) is 7.82. The monoisotopic (exact) mass is 314 g/mol. The Morgan fingerprint density at radius 2 is 2.22 bits per heavy atom. The molecule has 2 heterocycles. The Morgan fingerprint density at radius 3 is 2.83 bits per heavy atom. The Hall–Kier alpha value is -2.34. The van der Waals surface area contributed by atoms with Crippen molar-refractivity contribution in [2.75, 3.05) is 25.1 Å². The Labute approximate surface area is 135 Å². The molecule has 23 heavy (non-hydrogen) atoms. The van der Waals surface area contributed by atoms with Crippen LogP contribution in [0.1, 0.15) is 23.7 Å². The number of anilines is 1. The normalized spacial score (nSPS) is 20.9. The molecule has 1 fully saturated rings. The number of carbonyl (C=O) groups excluding carboxylic acids is 1. The molecule has 0 aliphatic carbocycles. The lowest BCUT2D eigenvalue weighted by Gasteiger charge is -2.20. The zero-order valence-electron chi connectivity index (χ0n) is 13.5. The molecule has 2 atom stereocenters. The summed E-state index contributed by atoms with van der Waals surface area (Å²) in [7, 11) is 1.53. The van der Waals surface area contributed by atoms with E-state index in [0.29, 0.717) is 17.2 Å². The summed E-state index contributed by atoms with van der Waals surface area (Å²) in [4.78, 5) is 18.3. The summed E-state index contributed by atoms with van der Waals surface area (Å²) < 4.78 is 5.32. The van der Waals surface area contributed by atoms with Gasteiger partial charge in [-0.15, -0.1) is 0 Å². The molecule has 0 bridgehead atoms. The van der Waals surface area contributed by atoms with E-state index in [2.05, 4.69) is 16.8 Å². The third-order valence-corrected chi connectivity index (χ3v) is 4.64. The maximum Gasteiger partial charge on any atom is 0.252 e. The molecule has 0 saturated carbocycles. The number of rotatable bonds is 4. The minimum absolute atomic E-state index is 0.156. The number of pyridine rings is 1. The molecule has 6 heteroatoms. The number of primary amides is 1. The molecule has 2 aromatic rings. The van der Waals surface area contributed by atoms with Crippen LogP contribution in [0.4, 0.5) is 5.82 Å². The third kappa shape index (κ3) is 2.70. The number of ether oxygens (including phenoxy) is 1. The Morgan fingerprint density at radius 1 is 1.43 bits per heavy atom. The summed E-state index contributed by atoms with van der Waals surface area (Å²) >= 11 is 0. The number of aromatic nitrogens is 1. The average Bonchev–Trinajstić information content (AvgIpc) is 2.93. The van der Waals surface area contributed by atoms with Crippen LogP contribution in [0, 0.1) is 5.92 Å². The second-order valence-corrected chi connectivity index (χ2v) is 6.01. The zero-order chi connectivity index (χ0) is 16.6. The van der Waals surface area contributed by atoms with Crippen LogP contribution >= 0.6 is 0 Å². The number of nitrogens with zero attached hydrogens (tertiary/aromatic N) is 2. The van der Waals surface area contributed by atoms with Gasteiger partial charge in [-0.3, -0.25) is 4.79 Å². The predicted octanol–water partition coefficient (Wildman–Crippen LogP) is 1.52. The lowest BCUT2D eigenvalue weighted by Crippen LogP contribution is -2.29. The molecule has 1 saturated heterocycles. The summed E-state index contributed by atoms with van der Waals surface area (Å²) in [5, 5.41) is 1.86. The van der Waals surface area contributed by atoms with E-state index in [0.717, 1.165) is 36.1 Å². The second kappa shape index (κ2) is 6.04. The van der Waals surface area contributed by atoms with Gasteiger partial charge < -0.3 is 21.1 Å². The molecule has 1 aliphatic rings. The van der Waals surface area contributed by atoms with Gasteiger partial charge in [-0.05, 0) is 29.5 Å². The van der Waals surface area contributed by atoms with Gasteiger partial charge in [0, 0.05) is 30.7 Å². The van der Waals surface area contributed by atoms with Gasteiger partial charge in [0.2, 0.25) is 0 Å². The first-order valence-electron chi connectivity index (χ1n) is 7.82. The fourth-order valence-corrected chi connectivity index (χ4v) is 3.30. The molecular weight excluding hydrogens is 292 g/mol. The lowest BCUT2D eigenvalue weighted by molar-refractivity contribution is 0.0997. The van der Waals surface area contributed by atoms with Crippen LogP contribution in [0.5, 0.6) is 5.75 Å². The maximum absolute atomic E-state index is 11.6. The lowest BCUT2D eigenvalue weighted by atomic mass is 10.0. The highest BCUT2D eigenvalue weighted by Gasteiger charge is 2.30.